The SMILES string of the molecule is CCC(OC(=O)C(F)(F)F)Sc1ccccc1. The van der Waals surface area contributed by atoms with Crippen molar-refractivity contribution < 1.29 is 22.7 Å². The van der Waals surface area contributed by atoms with Crippen LogP contribution in [-0.2, 0) is 9.53 Å². The molecule has 1 rings (SSSR count). The maximum atomic E-state index is 12.0. The molecule has 0 heterocycles. The Labute approximate surface area is 101 Å². The third-order valence-electron chi connectivity index (χ3n) is 1.81. The van der Waals surface area contributed by atoms with Gasteiger partial charge < -0.3 is 4.74 Å². The number of hydrogen-bond acceptors (Lipinski definition) is 3. The highest BCUT2D eigenvalue weighted by atomic mass is 32.2. The molecule has 0 saturated carbocycles. The number of benzene rings is 1. The summed E-state index contributed by atoms with van der Waals surface area (Å²) in [6.45, 7) is 1.66. The fraction of sp³-hybridized carbons (Fsp3) is 0.364. The van der Waals surface area contributed by atoms with E-state index >= 15 is 0 Å². The molecular formula is C11H11F3O2S. The van der Waals surface area contributed by atoms with Crippen LogP contribution < -0.4 is 0 Å². The highest BCUT2D eigenvalue weighted by Crippen LogP contribution is 2.28. The van der Waals surface area contributed by atoms with Crippen molar-refractivity contribution >= 4 is 17.7 Å². The van der Waals surface area contributed by atoms with Crippen LogP contribution in [0.4, 0.5) is 13.2 Å². The van der Waals surface area contributed by atoms with Gasteiger partial charge in [-0.3, -0.25) is 0 Å². The first-order valence-electron chi connectivity index (χ1n) is 4.93. The van der Waals surface area contributed by atoms with E-state index in [2.05, 4.69) is 4.74 Å². The largest absolute Gasteiger partial charge is 0.490 e. The second-order valence-corrected chi connectivity index (χ2v) is 4.40. The lowest BCUT2D eigenvalue weighted by molar-refractivity contribution is -0.201. The Kier molecular flexibility index (Phi) is 4.86. The van der Waals surface area contributed by atoms with Gasteiger partial charge in [0, 0.05) is 4.90 Å². The minimum Gasteiger partial charge on any atom is -0.444 e. The first-order valence-corrected chi connectivity index (χ1v) is 5.81. The predicted molar refractivity (Wildman–Crippen MR) is 58.5 cm³/mol. The maximum absolute atomic E-state index is 12.0. The minimum atomic E-state index is -4.94. The highest BCUT2D eigenvalue weighted by molar-refractivity contribution is 7.99. The Morgan fingerprint density at radius 3 is 2.41 bits per heavy atom. The second kappa shape index (κ2) is 5.95. The molecule has 0 saturated heterocycles. The fourth-order valence-corrected chi connectivity index (χ4v) is 1.95. The second-order valence-electron chi connectivity index (χ2n) is 3.17. The summed E-state index contributed by atoms with van der Waals surface area (Å²) in [5.74, 6) is -2.15. The quantitative estimate of drug-likeness (QED) is 0.472. The van der Waals surface area contributed by atoms with Crippen LogP contribution >= 0.6 is 11.8 Å². The summed E-state index contributed by atoms with van der Waals surface area (Å²) in [5.41, 5.74) is -0.827. The summed E-state index contributed by atoms with van der Waals surface area (Å²) >= 11 is 1.09. The Bertz CT molecular complexity index is 365. The van der Waals surface area contributed by atoms with Crippen molar-refractivity contribution in [1.29, 1.82) is 0 Å². The van der Waals surface area contributed by atoms with Crippen LogP contribution in [0.2, 0.25) is 0 Å². The lowest BCUT2D eigenvalue weighted by Crippen LogP contribution is -2.28. The summed E-state index contributed by atoms with van der Waals surface area (Å²) in [7, 11) is 0. The molecule has 1 atom stereocenters. The molecule has 1 unspecified atom stereocenters. The third kappa shape index (κ3) is 4.68. The number of carbonyl (C=O) groups is 1. The summed E-state index contributed by atoms with van der Waals surface area (Å²) in [5, 5.41) is 0. The van der Waals surface area contributed by atoms with Crippen LogP contribution in [0.15, 0.2) is 35.2 Å². The van der Waals surface area contributed by atoms with E-state index in [1.165, 1.54) is 0 Å². The molecule has 0 fully saturated rings. The number of halogens is 3. The number of hydrogen-bond donors (Lipinski definition) is 0. The van der Waals surface area contributed by atoms with Crippen molar-refractivity contribution in [1.82, 2.24) is 0 Å². The molecule has 0 aliphatic heterocycles. The minimum absolute atomic E-state index is 0.307. The normalized spacial score (nSPS) is 13.2. The van der Waals surface area contributed by atoms with E-state index in [1.54, 1.807) is 37.3 Å². The lowest BCUT2D eigenvalue weighted by Gasteiger charge is -2.16. The lowest BCUT2D eigenvalue weighted by atomic mass is 10.4. The topological polar surface area (TPSA) is 26.3 Å². The van der Waals surface area contributed by atoms with Crippen LogP contribution in [0, 0.1) is 0 Å². The molecule has 0 spiro atoms. The molecule has 0 aliphatic carbocycles. The molecule has 0 aliphatic rings. The van der Waals surface area contributed by atoms with Crippen molar-refractivity contribution in [3.05, 3.63) is 30.3 Å². The van der Waals surface area contributed by atoms with Crippen molar-refractivity contribution in [2.75, 3.05) is 0 Å². The van der Waals surface area contributed by atoms with Gasteiger partial charge in [0.05, 0.1) is 0 Å². The first-order chi connectivity index (χ1) is 7.93. The Hall–Kier alpha value is -1.17. The smallest absolute Gasteiger partial charge is 0.444 e. The van der Waals surface area contributed by atoms with E-state index in [-0.39, 0.29) is 0 Å². The first kappa shape index (κ1) is 13.9. The van der Waals surface area contributed by atoms with Gasteiger partial charge in [0.2, 0.25) is 0 Å². The van der Waals surface area contributed by atoms with E-state index in [4.69, 9.17) is 0 Å². The summed E-state index contributed by atoms with van der Waals surface area (Å²) in [6.07, 6.45) is -4.63. The highest BCUT2D eigenvalue weighted by Gasteiger charge is 2.42. The van der Waals surface area contributed by atoms with E-state index < -0.39 is 17.6 Å². The van der Waals surface area contributed by atoms with Crippen LogP contribution in [0.3, 0.4) is 0 Å². The molecule has 0 amide bonds. The molecule has 0 radical (unpaired) electrons. The average Bonchev–Trinajstić information content (AvgIpc) is 2.28. The number of rotatable bonds is 4. The van der Waals surface area contributed by atoms with Gasteiger partial charge in [0.1, 0.15) is 0 Å². The summed E-state index contributed by atoms with van der Waals surface area (Å²) < 4.78 is 40.4. The molecule has 0 N–H and O–H groups in total. The number of esters is 1. The Morgan fingerprint density at radius 1 is 1.35 bits per heavy atom. The number of ether oxygens (including phenoxy) is 1. The molecule has 2 nitrogen and oxygen atoms in total. The molecule has 1 aromatic rings. The van der Waals surface area contributed by atoms with Gasteiger partial charge in [0.25, 0.3) is 0 Å². The van der Waals surface area contributed by atoms with Gasteiger partial charge in [-0.2, -0.15) is 13.2 Å². The maximum Gasteiger partial charge on any atom is 0.490 e. The van der Waals surface area contributed by atoms with Crippen molar-refractivity contribution in [2.24, 2.45) is 0 Å². The van der Waals surface area contributed by atoms with Crippen LogP contribution in [0.25, 0.3) is 0 Å². The average molecular weight is 264 g/mol. The van der Waals surface area contributed by atoms with E-state index in [0.29, 0.717) is 6.42 Å². The number of carbonyl (C=O) groups excluding carboxylic acids is 1. The molecule has 0 bridgehead atoms. The van der Waals surface area contributed by atoms with Gasteiger partial charge in [-0.25, -0.2) is 4.79 Å². The van der Waals surface area contributed by atoms with Gasteiger partial charge in [-0.15, -0.1) is 0 Å². The van der Waals surface area contributed by atoms with Crippen molar-refractivity contribution in [2.45, 2.75) is 29.9 Å². The standard InChI is InChI=1S/C11H11F3O2S/c1-2-9(16-10(15)11(12,13)14)17-8-6-4-3-5-7-8/h3-7,9H,2H2,1H3. The van der Waals surface area contributed by atoms with E-state index in [0.717, 1.165) is 16.7 Å². The van der Waals surface area contributed by atoms with Gasteiger partial charge in [-0.1, -0.05) is 36.9 Å². The van der Waals surface area contributed by atoms with Crippen molar-refractivity contribution in [3.63, 3.8) is 0 Å². The van der Waals surface area contributed by atoms with Gasteiger partial charge in [-0.05, 0) is 18.6 Å². The zero-order valence-corrected chi connectivity index (χ0v) is 9.85. The number of thioether (sulfide) groups is 1. The van der Waals surface area contributed by atoms with Crippen LogP contribution in [0.1, 0.15) is 13.3 Å². The Morgan fingerprint density at radius 2 is 1.94 bits per heavy atom. The molecular weight excluding hydrogens is 253 g/mol. The molecule has 0 aromatic heterocycles. The summed E-state index contributed by atoms with van der Waals surface area (Å²) in [4.78, 5) is 11.4. The fourth-order valence-electron chi connectivity index (χ4n) is 1.03. The molecule has 94 valence electrons. The summed E-state index contributed by atoms with van der Waals surface area (Å²) in [6, 6.07) is 8.82. The zero-order chi connectivity index (χ0) is 12.9. The Balaban J connectivity index is 2.59. The number of alkyl halides is 3. The van der Waals surface area contributed by atoms with Crippen LogP contribution in [0.5, 0.6) is 0 Å². The monoisotopic (exact) mass is 264 g/mol. The van der Waals surface area contributed by atoms with E-state index in [1.807, 2.05) is 0 Å². The van der Waals surface area contributed by atoms with E-state index in [9.17, 15) is 18.0 Å². The van der Waals surface area contributed by atoms with Crippen LogP contribution in [-0.4, -0.2) is 17.6 Å². The van der Waals surface area contributed by atoms with Crippen molar-refractivity contribution in [3.8, 4) is 0 Å². The third-order valence-corrected chi connectivity index (χ3v) is 3.05. The van der Waals surface area contributed by atoms with Gasteiger partial charge in [0.15, 0.2) is 5.44 Å². The zero-order valence-electron chi connectivity index (χ0n) is 9.03. The molecule has 17 heavy (non-hydrogen) atoms. The molecule has 1 aromatic carbocycles. The molecule has 6 heteroatoms. The predicted octanol–water partition coefficient (Wildman–Crippen LogP) is 3.62. The van der Waals surface area contributed by atoms with Gasteiger partial charge >= 0.3 is 12.1 Å².